The number of hydrogen-bond acceptors (Lipinski definition) is 0. The van der Waals surface area contributed by atoms with Gasteiger partial charge in [-0.2, -0.15) is 0 Å². The van der Waals surface area contributed by atoms with E-state index in [0.29, 0.717) is 0 Å². The number of hydrogen-bond donors (Lipinski definition) is 0. The zero-order valence-electron chi connectivity index (χ0n) is 8.53. The van der Waals surface area contributed by atoms with Gasteiger partial charge in [-0.1, -0.05) is 58.8 Å². The maximum absolute atomic E-state index is 5.55. The van der Waals surface area contributed by atoms with Crippen LogP contribution in [0, 0.1) is 6.58 Å². The van der Waals surface area contributed by atoms with Gasteiger partial charge < -0.3 is 6.58 Å². The quantitative estimate of drug-likeness (QED) is 0.467. The van der Waals surface area contributed by atoms with Crippen molar-refractivity contribution >= 4 is 0 Å². The Morgan fingerprint density at radius 1 is 1.00 bits per heavy atom. The molecule has 0 bridgehead atoms. The Kier molecular flexibility index (Phi) is 14.6. The molecular formula is C11H21Zr-. The van der Waals surface area contributed by atoms with Crippen molar-refractivity contribution in [3.63, 3.8) is 0 Å². The molecular weight excluding hydrogens is 223 g/mol. The van der Waals surface area contributed by atoms with E-state index in [9.17, 15) is 0 Å². The number of allylic oxidation sites excluding steroid dienone is 1. The normalized spacial score (nSPS) is 9.17. The molecule has 0 aliphatic rings. The average molecular weight is 245 g/mol. The molecule has 0 aromatic heterocycles. The van der Waals surface area contributed by atoms with Crippen molar-refractivity contribution in [2.24, 2.45) is 0 Å². The molecule has 0 spiro atoms. The fraction of sp³-hybridized carbons (Fsp3) is 0.818. The van der Waals surface area contributed by atoms with E-state index in [2.05, 4.69) is 6.92 Å². The second-order valence-corrected chi connectivity index (χ2v) is 3.36. The van der Waals surface area contributed by atoms with Gasteiger partial charge in [-0.05, 0) is 0 Å². The van der Waals surface area contributed by atoms with E-state index in [1.807, 2.05) is 6.92 Å². The molecule has 0 aliphatic heterocycles. The SMILES string of the molecule is [CH-]=C(C)CCCCCCCC.[Zr]. The summed E-state index contributed by atoms with van der Waals surface area (Å²) in [5, 5.41) is 0. The smallest absolute Gasteiger partial charge is 0 e. The van der Waals surface area contributed by atoms with Crippen LogP contribution in [-0.2, 0) is 26.2 Å². The maximum Gasteiger partial charge on any atom is 0 e. The first-order chi connectivity index (χ1) is 5.27. The second kappa shape index (κ2) is 11.6. The molecule has 0 fully saturated rings. The summed E-state index contributed by atoms with van der Waals surface area (Å²) >= 11 is 0. The summed E-state index contributed by atoms with van der Waals surface area (Å²) in [6, 6.07) is 0. The number of rotatable bonds is 7. The Balaban J connectivity index is 0. The van der Waals surface area contributed by atoms with Gasteiger partial charge in [0.25, 0.3) is 0 Å². The van der Waals surface area contributed by atoms with E-state index in [0.717, 1.165) is 12.0 Å². The van der Waals surface area contributed by atoms with Gasteiger partial charge >= 0.3 is 0 Å². The predicted molar refractivity (Wildman–Crippen MR) is 51.5 cm³/mol. The van der Waals surface area contributed by atoms with Crippen molar-refractivity contribution in [2.75, 3.05) is 0 Å². The average Bonchev–Trinajstić information content (AvgIpc) is 1.96. The zero-order valence-corrected chi connectivity index (χ0v) is 11.0. The molecule has 0 N–H and O–H groups in total. The molecule has 0 radical (unpaired) electrons. The second-order valence-electron chi connectivity index (χ2n) is 3.36. The van der Waals surface area contributed by atoms with Crippen LogP contribution >= 0.6 is 0 Å². The molecule has 0 saturated carbocycles. The predicted octanol–water partition coefficient (Wildman–Crippen LogP) is 4.11. The van der Waals surface area contributed by atoms with Gasteiger partial charge in [0, 0.05) is 26.2 Å². The van der Waals surface area contributed by atoms with Crippen molar-refractivity contribution in [2.45, 2.75) is 58.8 Å². The molecule has 1 heteroatoms. The monoisotopic (exact) mass is 243 g/mol. The Labute approximate surface area is 96.9 Å². The first kappa shape index (κ1) is 15.1. The third-order valence-corrected chi connectivity index (χ3v) is 1.92. The van der Waals surface area contributed by atoms with Crippen molar-refractivity contribution in [3.05, 3.63) is 12.2 Å². The molecule has 0 aliphatic carbocycles. The third-order valence-electron chi connectivity index (χ3n) is 1.92. The minimum absolute atomic E-state index is 0. The van der Waals surface area contributed by atoms with Crippen molar-refractivity contribution in [1.29, 1.82) is 0 Å². The summed E-state index contributed by atoms with van der Waals surface area (Å²) in [5.41, 5.74) is 1.08. The third kappa shape index (κ3) is 13.2. The fourth-order valence-electron chi connectivity index (χ4n) is 1.18. The van der Waals surface area contributed by atoms with Crippen LogP contribution in [0.4, 0.5) is 0 Å². The van der Waals surface area contributed by atoms with E-state index in [4.69, 9.17) is 6.58 Å². The summed E-state index contributed by atoms with van der Waals surface area (Å²) in [6.45, 7) is 9.80. The maximum atomic E-state index is 5.55. The molecule has 0 unspecified atom stereocenters. The first-order valence-electron chi connectivity index (χ1n) is 4.85. The summed E-state index contributed by atoms with van der Waals surface area (Å²) in [5.74, 6) is 0. The Bertz CT molecular complexity index is 97.2. The minimum atomic E-state index is 0. The van der Waals surface area contributed by atoms with Crippen LogP contribution in [0.15, 0.2) is 5.57 Å². The van der Waals surface area contributed by atoms with Gasteiger partial charge in [-0.15, -0.1) is 0 Å². The fourth-order valence-corrected chi connectivity index (χ4v) is 1.18. The Hall–Kier alpha value is 0.623. The molecule has 0 atom stereocenters. The van der Waals surface area contributed by atoms with E-state index in [1.165, 1.54) is 38.5 Å². The standard InChI is InChI=1S/C11H21.Zr/c1-4-5-6-7-8-9-10-11(2)3;/h2H,4-10H2,1,3H3;/q-1;. The van der Waals surface area contributed by atoms with Gasteiger partial charge in [-0.25, -0.2) is 0 Å². The van der Waals surface area contributed by atoms with E-state index >= 15 is 0 Å². The van der Waals surface area contributed by atoms with Gasteiger partial charge in [0.2, 0.25) is 0 Å². The van der Waals surface area contributed by atoms with E-state index in [-0.39, 0.29) is 26.2 Å². The van der Waals surface area contributed by atoms with Crippen LogP contribution in [0.25, 0.3) is 0 Å². The summed E-state index contributed by atoms with van der Waals surface area (Å²) < 4.78 is 0. The Morgan fingerprint density at radius 2 is 1.50 bits per heavy atom. The Morgan fingerprint density at radius 3 is 2.00 bits per heavy atom. The first-order valence-corrected chi connectivity index (χ1v) is 4.85. The van der Waals surface area contributed by atoms with Gasteiger partial charge in [0.05, 0.1) is 0 Å². The van der Waals surface area contributed by atoms with Crippen LogP contribution in [0.1, 0.15) is 58.8 Å². The van der Waals surface area contributed by atoms with Crippen LogP contribution < -0.4 is 0 Å². The van der Waals surface area contributed by atoms with E-state index < -0.39 is 0 Å². The van der Waals surface area contributed by atoms with Crippen LogP contribution in [-0.4, -0.2) is 0 Å². The molecule has 0 aromatic rings. The van der Waals surface area contributed by atoms with Gasteiger partial charge in [0.1, 0.15) is 0 Å². The largest absolute Gasteiger partial charge is 0.515 e. The molecule has 70 valence electrons. The molecule has 0 heterocycles. The summed E-state index contributed by atoms with van der Waals surface area (Å²) in [7, 11) is 0. The molecule has 12 heavy (non-hydrogen) atoms. The van der Waals surface area contributed by atoms with E-state index in [1.54, 1.807) is 0 Å². The topological polar surface area (TPSA) is 0 Å². The summed E-state index contributed by atoms with van der Waals surface area (Å²) in [4.78, 5) is 0. The van der Waals surface area contributed by atoms with Gasteiger partial charge in [0.15, 0.2) is 0 Å². The minimum Gasteiger partial charge on any atom is -0.515 e. The molecule has 0 aromatic carbocycles. The van der Waals surface area contributed by atoms with Crippen molar-refractivity contribution < 1.29 is 26.2 Å². The van der Waals surface area contributed by atoms with Crippen LogP contribution in [0.5, 0.6) is 0 Å². The molecule has 0 amide bonds. The zero-order chi connectivity index (χ0) is 8.53. The molecule has 0 nitrogen and oxygen atoms in total. The van der Waals surface area contributed by atoms with Crippen molar-refractivity contribution in [1.82, 2.24) is 0 Å². The van der Waals surface area contributed by atoms with Crippen LogP contribution in [0.2, 0.25) is 0 Å². The van der Waals surface area contributed by atoms with Gasteiger partial charge in [-0.3, -0.25) is 5.57 Å². The van der Waals surface area contributed by atoms with Crippen LogP contribution in [0.3, 0.4) is 0 Å². The van der Waals surface area contributed by atoms with Crippen molar-refractivity contribution in [3.8, 4) is 0 Å². The molecule has 0 saturated heterocycles. The summed E-state index contributed by atoms with van der Waals surface area (Å²) in [6.07, 6.45) is 9.28. The molecule has 0 rings (SSSR count). The number of unbranched alkanes of at least 4 members (excludes halogenated alkanes) is 5.